The molecule has 8 nitrogen and oxygen atoms in total. The summed E-state index contributed by atoms with van der Waals surface area (Å²) < 4.78 is 12.7. The highest BCUT2D eigenvalue weighted by Gasteiger charge is 2.29. The first kappa shape index (κ1) is 16.1. The molecule has 26 heavy (non-hydrogen) atoms. The van der Waals surface area contributed by atoms with Gasteiger partial charge in [-0.3, -0.25) is 14.4 Å². The number of methoxy groups -OCH3 is 1. The summed E-state index contributed by atoms with van der Waals surface area (Å²) in [6.45, 7) is 1.34. The highest BCUT2D eigenvalue weighted by molar-refractivity contribution is 6.06. The molecule has 0 atom stereocenters. The van der Waals surface area contributed by atoms with Crippen molar-refractivity contribution < 1.29 is 14.3 Å². The molecule has 1 aliphatic rings. The van der Waals surface area contributed by atoms with E-state index in [0.717, 1.165) is 5.75 Å². The highest BCUT2D eigenvalue weighted by Crippen LogP contribution is 2.28. The van der Waals surface area contributed by atoms with Crippen LogP contribution in [0.25, 0.3) is 0 Å². The maximum atomic E-state index is 12.9. The molecule has 0 saturated heterocycles. The van der Waals surface area contributed by atoms with Crippen LogP contribution in [0, 0.1) is 0 Å². The van der Waals surface area contributed by atoms with E-state index < -0.39 is 0 Å². The zero-order chi connectivity index (χ0) is 17.9. The van der Waals surface area contributed by atoms with Gasteiger partial charge in [-0.25, -0.2) is 4.98 Å². The number of benzene rings is 1. The number of fused-ring (bicyclic) bond motifs is 1. The molecule has 0 unspecified atom stereocenters. The van der Waals surface area contributed by atoms with E-state index in [1.54, 1.807) is 21.8 Å². The fraction of sp³-hybridized carbons (Fsp3) is 0.222. The van der Waals surface area contributed by atoms with Gasteiger partial charge in [-0.1, -0.05) is 18.2 Å². The number of rotatable bonds is 5. The van der Waals surface area contributed by atoms with Crippen LogP contribution in [0.15, 0.2) is 48.9 Å². The van der Waals surface area contributed by atoms with Gasteiger partial charge in [0.05, 0.1) is 19.9 Å². The maximum absolute atomic E-state index is 12.9. The van der Waals surface area contributed by atoms with E-state index in [9.17, 15) is 4.79 Å². The number of nitrogens with zero attached hydrogens (tertiary/aromatic N) is 5. The van der Waals surface area contributed by atoms with E-state index in [0.29, 0.717) is 42.7 Å². The fourth-order valence-corrected chi connectivity index (χ4v) is 2.88. The van der Waals surface area contributed by atoms with Crippen molar-refractivity contribution >= 4 is 11.6 Å². The average molecular weight is 351 g/mol. The summed E-state index contributed by atoms with van der Waals surface area (Å²) in [6.07, 6.45) is 2.97. The van der Waals surface area contributed by atoms with Crippen molar-refractivity contribution in [3.05, 3.63) is 60.3 Å². The molecule has 0 fully saturated rings. The van der Waals surface area contributed by atoms with Crippen molar-refractivity contribution in [1.29, 1.82) is 0 Å². The van der Waals surface area contributed by atoms with Gasteiger partial charge in [0.15, 0.2) is 0 Å². The van der Waals surface area contributed by atoms with Gasteiger partial charge in [0.1, 0.15) is 35.8 Å². The molecule has 1 aliphatic heterocycles. The van der Waals surface area contributed by atoms with Gasteiger partial charge in [-0.05, 0) is 18.2 Å². The fourth-order valence-electron chi connectivity index (χ4n) is 2.88. The first-order valence-corrected chi connectivity index (χ1v) is 8.16. The molecule has 132 valence electrons. The van der Waals surface area contributed by atoms with Crippen molar-refractivity contribution in [3.8, 4) is 11.6 Å². The largest absolute Gasteiger partial charge is 0.487 e. The summed E-state index contributed by atoms with van der Waals surface area (Å²) in [5, 5.41) is 4.47. The highest BCUT2D eigenvalue weighted by atomic mass is 16.5. The Labute approximate surface area is 150 Å². The Morgan fingerprint density at radius 1 is 1.19 bits per heavy atom. The normalized spacial score (nSPS) is 13.4. The number of anilines is 1. The zero-order valence-corrected chi connectivity index (χ0v) is 14.2. The summed E-state index contributed by atoms with van der Waals surface area (Å²) in [7, 11) is 1.52. The quantitative estimate of drug-likeness (QED) is 0.698. The van der Waals surface area contributed by atoms with Crippen LogP contribution in [-0.4, -0.2) is 39.3 Å². The second kappa shape index (κ2) is 6.83. The van der Waals surface area contributed by atoms with Gasteiger partial charge in [0, 0.05) is 6.54 Å². The number of para-hydroxylation sites is 1. The van der Waals surface area contributed by atoms with Crippen LogP contribution in [0.1, 0.15) is 16.2 Å². The third-order valence-electron chi connectivity index (χ3n) is 4.10. The van der Waals surface area contributed by atoms with Crippen LogP contribution >= 0.6 is 0 Å². The number of carbonyl (C=O) groups is 1. The molecule has 0 N–H and O–H groups in total. The Hall–Kier alpha value is -3.42. The Morgan fingerprint density at radius 2 is 2.04 bits per heavy atom. The molecule has 3 aromatic rings. The lowest BCUT2D eigenvalue weighted by Crippen LogP contribution is -2.40. The number of carbonyl (C=O) groups excluding carboxylic acids is 1. The minimum absolute atomic E-state index is 0.164. The van der Waals surface area contributed by atoms with E-state index in [-0.39, 0.29) is 5.91 Å². The molecule has 4 rings (SSSR count). The van der Waals surface area contributed by atoms with Gasteiger partial charge in [0.25, 0.3) is 5.91 Å². The first-order valence-electron chi connectivity index (χ1n) is 8.16. The molecule has 8 heteroatoms. The van der Waals surface area contributed by atoms with Gasteiger partial charge < -0.3 is 9.47 Å². The number of ether oxygens (including phenoxy) is 2. The summed E-state index contributed by atoms with van der Waals surface area (Å²) >= 11 is 0. The standard InChI is InChI=1S/C18H17N5O3/c1-25-17-16(10-19-12-20-17)22-7-8-23-15(18(22)24)9-13(21-23)11-26-14-5-3-2-4-6-14/h2-6,9-10,12H,7-8,11H2,1H3. The van der Waals surface area contributed by atoms with E-state index >= 15 is 0 Å². The van der Waals surface area contributed by atoms with Crippen LogP contribution in [0.2, 0.25) is 0 Å². The number of aromatic nitrogens is 4. The Kier molecular flexibility index (Phi) is 4.22. The molecule has 1 amide bonds. The summed E-state index contributed by atoms with van der Waals surface area (Å²) in [5.74, 6) is 0.967. The van der Waals surface area contributed by atoms with Crippen LogP contribution in [-0.2, 0) is 13.2 Å². The van der Waals surface area contributed by atoms with Gasteiger partial charge in [-0.15, -0.1) is 0 Å². The maximum Gasteiger partial charge on any atom is 0.276 e. The van der Waals surface area contributed by atoms with Crippen molar-refractivity contribution in [1.82, 2.24) is 19.7 Å². The molecule has 1 aromatic carbocycles. The van der Waals surface area contributed by atoms with E-state index in [4.69, 9.17) is 9.47 Å². The summed E-state index contributed by atoms with van der Waals surface area (Å²) in [6, 6.07) is 11.3. The predicted octanol–water partition coefficient (Wildman–Crippen LogP) is 1.92. The van der Waals surface area contributed by atoms with Crippen LogP contribution in [0.3, 0.4) is 0 Å². The molecule has 0 radical (unpaired) electrons. The Bertz CT molecular complexity index is 926. The minimum atomic E-state index is -0.164. The lowest BCUT2D eigenvalue weighted by molar-refractivity contribution is 0.0961. The van der Waals surface area contributed by atoms with Crippen molar-refractivity contribution in [3.63, 3.8) is 0 Å². The Morgan fingerprint density at radius 3 is 2.85 bits per heavy atom. The van der Waals surface area contributed by atoms with Crippen molar-refractivity contribution in [2.45, 2.75) is 13.2 Å². The van der Waals surface area contributed by atoms with Gasteiger partial charge >= 0.3 is 0 Å². The molecular weight excluding hydrogens is 334 g/mol. The number of hydrogen-bond acceptors (Lipinski definition) is 6. The lowest BCUT2D eigenvalue weighted by Gasteiger charge is -2.27. The molecule has 0 saturated carbocycles. The predicted molar refractivity (Wildman–Crippen MR) is 93.3 cm³/mol. The van der Waals surface area contributed by atoms with E-state index in [2.05, 4.69) is 15.1 Å². The number of hydrogen-bond donors (Lipinski definition) is 0. The lowest BCUT2D eigenvalue weighted by atomic mass is 10.2. The molecular formula is C18H17N5O3. The molecule has 0 spiro atoms. The third kappa shape index (κ3) is 2.97. The smallest absolute Gasteiger partial charge is 0.276 e. The number of amides is 1. The second-order valence-corrected chi connectivity index (χ2v) is 5.72. The van der Waals surface area contributed by atoms with Crippen LogP contribution in [0.5, 0.6) is 11.6 Å². The topological polar surface area (TPSA) is 82.4 Å². The third-order valence-corrected chi connectivity index (χ3v) is 4.10. The summed E-state index contributed by atoms with van der Waals surface area (Å²) in [5.41, 5.74) is 1.76. The average Bonchev–Trinajstić information content (AvgIpc) is 3.12. The Balaban J connectivity index is 1.54. The van der Waals surface area contributed by atoms with Gasteiger partial charge in [-0.2, -0.15) is 10.1 Å². The minimum Gasteiger partial charge on any atom is -0.487 e. The molecule has 3 heterocycles. The zero-order valence-electron chi connectivity index (χ0n) is 14.2. The SMILES string of the molecule is COc1ncncc1N1CCn2nc(COc3ccccc3)cc2C1=O. The van der Waals surface area contributed by atoms with E-state index in [1.165, 1.54) is 13.4 Å². The second-order valence-electron chi connectivity index (χ2n) is 5.72. The molecule has 0 bridgehead atoms. The summed E-state index contributed by atoms with van der Waals surface area (Å²) in [4.78, 5) is 22.6. The van der Waals surface area contributed by atoms with Crippen LogP contribution < -0.4 is 14.4 Å². The molecule has 0 aliphatic carbocycles. The van der Waals surface area contributed by atoms with Crippen molar-refractivity contribution in [2.75, 3.05) is 18.6 Å². The monoisotopic (exact) mass is 351 g/mol. The van der Waals surface area contributed by atoms with E-state index in [1.807, 2.05) is 30.3 Å². The van der Waals surface area contributed by atoms with Gasteiger partial charge in [0.2, 0.25) is 5.88 Å². The van der Waals surface area contributed by atoms with Crippen LogP contribution in [0.4, 0.5) is 5.69 Å². The molecule has 2 aromatic heterocycles. The van der Waals surface area contributed by atoms with Crippen molar-refractivity contribution in [2.24, 2.45) is 0 Å². The first-order chi connectivity index (χ1) is 12.8.